The third kappa shape index (κ3) is 2.69. The Kier molecular flexibility index (Phi) is 3.35. The van der Waals surface area contributed by atoms with E-state index in [1.54, 1.807) is 0 Å². The zero-order chi connectivity index (χ0) is 11.6. The van der Waals surface area contributed by atoms with Crippen LogP contribution in [0.3, 0.4) is 0 Å². The maximum Gasteiger partial charge on any atom is 0.488 e. The van der Waals surface area contributed by atoms with Crippen molar-refractivity contribution in [1.82, 2.24) is 0 Å². The second-order valence-corrected chi connectivity index (χ2v) is 4.36. The van der Waals surface area contributed by atoms with Crippen LogP contribution in [0.1, 0.15) is 0 Å². The van der Waals surface area contributed by atoms with Gasteiger partial charge in [-0.2, -0.15) is 0 Å². The molecule has 8 heteroatoms. The quantitative estimate of drug-likeness (QED) is 0.522. The van der Waals surface area contributed by atoms with Gasteiger partial charge in [-0.3, -0.25) is 0 Å². The Labute approximate surface area is 87.5 Å². The first kappa shape index (κ1) is 12.0. The van der Waals surface area contributed by atoms with E-state index in [2.05, 4.69) is 0 Å². The molecule has 0 heterocycles. The van der Waals surface area contributed by atoms with E-state index < -0.39 is 17.1 Å². The van der Waals surface area contributed by atoms with Crippen LogP contribution in [0.2, 0.25) is 0 Å². The predicted octanol–water partition coefficient (Wildman–Crippen LogP) is -1.98. The van der Waals surface area contributed by atoms with E-state index in [9.17, 15) is 8.42 Å². The predicted molar refractivity (Wildman–Crippen MR) is 54.2 cm³/mol. The number of primary sulfonamides is 1. The average molecular weight is 231 g/mol. The molecule has 0 spiro atoms. The number of methoxy groups -OCH3 is 1. The zero-order valence-corrected chi connectivity index (χ0v) is 8.73. The van der Waals surface area contributed by atoms with Gasteiger partial charge in [-0.15, -0.1) is 0 Å². The summed E-state index contributed by atoms with van der Waals surface area (Å²) < 4.78 is 27.0. The van der Waals surface area contributed by atoms with Crippen molar-refractivity contribution >= 4 is 22.6 Å². The summed E-state index contributed by atoms with van der Waals surface area (Å²) in [6.07, 6.45) is 0. The van der Waals surface area contributed by atoms with E-state index in [1.165, 1.54) is 19.2 Å². The lowest BCUT2D eigenvalue weighted by Gasteiger charge is -2.08. The first-order chi connectivity index (χ1) is 6.86. The molecular formula is C7H10BNO5S. The summed E-state index contributed by atoms with van der Waals surface area (Å²) in [5, 5.41) is 22.6. The molecule has 0 saturated heterocycles. The molecule has 0 fully saturated rings. The van der Waals surface area contributed by atoms with E-state index >= 15 is 0 Å². The highest BCUT2D eigenvalue weighted by Gasteiger charge is 2.19. The van der Waals surface area contributed by atoms with Gasteiger partial charge in [-0.05, 0) is 17.6 Å². The van der Waals surface area contributed by atoms with Gasteiger partial charge in [0.25, 0.3) is 0 Å². The molecule has 1 rings (SSSR count). The molecule has 4 N–H and O–H groups in total. The van der Waals surface area contributed by atoms with Gasteiger partial charge in [-0.1, -0.05) is 6.07 Å². The monoisotopic (exact) mass is 231 g/mol. The summed E-state index contributed by atoms with van der Waals surface area (Å²) in [6.45, 7) is 0. The van der Waals surface area contributed by atoms with Crippen molar-refractivity contribution in [2.24, 2.45) is 5.14 Å². The van der Waals surface area contributed by atoms with Gasteiger partial charge in [0.15, 0.2) is 0 Å². The minimum atomic E-state index is -3.95. The van der Waals surface area contributed by atoms with E-state index in [0.717, 1.165) is 6.07 Å². The van der Waals surface area contributed by atoms with Crippen LogP contribution in [0.25, 0.3) is 0 Å². The Balaban J connectivity index is 3.39. The molecule has 0 radical (unpaired) electrons. The number of sulfonamides is 1. The number of rotatable bonds is 3. The van der Waals surface area contributed by atoms with Gasteiger partial charge in [0.05, 0.1) is 7.11 Å². The fourth-order valence-electron chi connectivity index (χ4n) is 1.08. The van der Waals surface area contributed by atoms with Gasteiger partial charge in [-0.25, -0.2) is 13.6 Å². The minimum absolute atomic E-state index is 0.0276. The molecule has 6 nitrogen and oxygen atoms in total. The largest absolute Gasteiger partial charge is 0.495 e. The maximum atomic E-state index is 11.1. The summed E-state index contributed by atoms with van der Waals surface area (Å²) in [6, 6.07) is 3.69. The van der Waals surface area contributed by atoms with E-state index in [4.69, 9.17) is 19.9 Å². The van der Waals surface area contributed by atoms with Crippen molar-refractivity contribution in [2.75, 3.05) is 7.11 Å². The Bertz CT molecular complexity index is 458. The van der Waals surface area contributed by atoms with Gasteiger partial charge in [0, 0.05) is 0 Å². The lowest BCUT2D eigenvalue weighted by atomic mass is 9.80. The summed E-state index contributed by atoms with van der Waals surface area (Å²) in [7, 11) is -4.41. The van der Waals surface area contributed by atoms with Crippen LogP contribution in [0, 0.1) is 0 Å². The van der Waals surface area contributed by atoms with Crippen LogP contribution in [0.15, 0.2) is 23.1 Å². The normalized spacial score (nSPS) is 11.2. The maximum absolute atomic E-state index is 11.1. The highest BCUT2D eigenvalue weighted by molar-refractivity contribution is 7.89. The first-order valence-electron chi connectivity index (χ1n) is 3.93. The van der Waals surface area contributed by atoms with E-state index in [-0.39, 0.29) is 16.1 Å². The molecule has 0 bridgehead atoms. The molecule has 0 aliphatic carbocycles. The topological polar surface area (TPSA) is 110 Å². The average Bonchev–Trinajstić information content (AvgIpc) is 2.15. The van der Waals surface area contributed by atoms with Crippen molar-refractivity contribution in [1.29, 1.82) is 0 Å². The van der Waals surface area contributed by atoms with Crippen LogP contribution in [-0.4, -0.2) is 32.7 Å². The molecule has 82 valence electrons. The van der Waals surface area contributed by atoms with Crippen LogP contribution < -0.4 is 15.3 Å². The molecular weight excluding hydrogens is 221 g/mol. The number of ether oxygens (including phenoxy) is 1. The molecule has 0 aliphatic rings. The molecule has 0 atom stereocenters. The van der Waals surface area contributed by atoms with Gasteiger partial charge >= 0.3 is 7.12 Å². The Morgan fingerprint density at radius 2 is 2.00 bits per heavy atom. The number of nitrogens with two attached hydrogens (primary N) is 1. The zero-order valence-electron chi connectivity index (χ0n) is 7.91. The second-order valence-electron chi connectivity index (χ2n) is 2.83. The van der Waals surface area contributed by atoms with Gasteiger partial charge < -0.3 is 14.8 Å². The van der Waals surface area contributed by atoms with Crippen LogP contribution in [0.4, 0.5) is 0 Å². The third-order valence-corrected chi connectivity index (χ3v) is 2.72. The van der Waals surface area contributed by atoms with Crippen molar-refractivity contribution < 1.29 is 23.2 Å². The van der Waals surface area contributed by atoms with Crippen molar-refractivity contribution in [3.8, 4) is 5.75 Å². The Morgan fingerprint density at radius 3 is 2.40 bits per heavy atom. The van der Waals surface area contributed by atoms with Gasteiger partial charge in [0.1, 0.15) is 10.6 Å². The third-order valence-electron chi connectivity index (χ3n) is 1.79. The van der Waals surface area contributed by atoms with E-state index in [1.807, 2.05) is 0 Å². The first-order valence-corrected chi connectivity index (χ1v) is 5.47. The van der Waals surface area contributed by atoms with E-state index in [0.29, 0.717) is 0 Å². The van der Waals surface area contributed by atoms with Crippen molar-refractivity contribution in [2.45, 2.75) is 4.90 Å². The lowest BCUT2D eigenvalue weighted by Crippen LogP contribution is -2.31. The minimum Gasteiger partial charge on any atom is -0.495 e. The van der Waals surface area contributed by atoms with Crippen LogP contribution in [-0.2, 0) is 10.0 Å². The fraction of sp³-hybridized carbons (Fsp3) is 0.143. The molecule has 0 saturated carbocycles. The van der Waals surface area contributed by atoms with Crippen LogP contribution >= 0.6 is 0 Å². The highest BCUT2D eigenvalue weighted by atomic mass is 32.2. The summed E-state index contributed by atoms with van der Waals surface area (Å²) in [5.41, 5.74) is 0.0276. The molecule has 0 unspecified atom stereocenters. The molecule has 0 aliphatic heterocycles. The van der Waals surface area contributed by atoms with Crippen molar-refractivity contribution in [3.63, 3.8) is 0 Å². The number of hydrogen-bond acceptors (Lipinski definition) is 5. The lowest BCUT2D eigenvalue weighted by molar-refractivity contribution is 0.402. The van der Waals surface area contributed by atoms with Crippen molar-refractivity contribution in [3.05, 3.63) is 18.2 Å². The van der Waals surface area contributed by atoms with Gasteiger partial charge in [0.2, 0.25) is 10.0 Å². The highest BCUT2D eigenvalue weighted by Crippen LogP contribution is 2.20. The molecule has 1 aromatic rings. The molecule has 0 aromatic heterocycles. The Morgan fingerprint density at radius 1 is 1.40 bits per heavy atom. The summed E-state index contributed by atoms with van der Waals surface area (Å²) in [4.78, 5) is -0.282. The SMILES string of the molecule is COc1ccc(B(O)O)cc1S(N)(=O)=O. The van der Waals surface area contributed by atoms with Crippen LogP contribution in [0.5, 0.6) is 5.75 Å². The summed E-state index contributed by atoms with van der Waals surface area (Å²) >= 11 is 0. The Hall–Kier alpha value is -1.09. The standard InChI is InChI=1S/C7H10BNO5S/c1-14-6-3-2-5(8(10)11)4-7(6)15(9,12)13/h2-4,10-11H,1H3,(H2,9,12,13). The smallest absolute Gasteiger partial charge is 0.488 e. The summed E-state index contributed by atoms with van der Waals surface area (Å²) in [5.74, 6) is 0.0573. The fourth-order valence-corrected chi connectivity index (χ4v) is 1.81. The molecule has 15 heavy (non-hydrogen) atoms. The molecule has 0 amide bonds. The second kappa shape index (κ2) is 4.19. The number of hydrogen-bond donors (Lipinski definition) is 3. The number of benzene rings is 1. The molecule has 1 aromatic carbocycles.